The fourth-order valence-electron chi connectivity index (χ4n) is 2.08. The molecule has 194 valence electrons. The van der Waals surface area contributed by atoms with Crippen LogP contribution in [0.2, 0.25) is 0 Å². The summed E-state index contributed by atoms with van der Waals surface area (Å²) < 4.78 is 127. The molecule has 0 saturated heterocycles. The van der Waals surface area contributed by atoms with Crippen molar-refractivity contribution in [3.05, 3.63) is 34.2 Å². The number of hydrogen-bond donors (Lipinski definition) is 0. The Hall–Kier alpha value is -1.31. The molecule has 0 aliphatic carbocycles. The summed E-state index contributed by atoms with van der Waals surface area (Å²) in [6.45, 7) is 4.44. The minimum atomic E-state index is -6.72. The van der Waals surface area contributed by atoms with E-state index in [2.05, 4.69) is 38.4 Å². The van der Waals surface area contributed by atoms with Gasteiger partial charge < -0.3 is 17.4 Å². The highest BCUT2D eigenvalue weighted by atomic mass is 32.3. The van der Waals surface area contributed by atoms with Gasteiger partial charge >= 0.3 is 19.8 Å². The van der Waals surface area contributed by atoms with E-state index in [1.165, 1.54) is 5.56 Å². The van der Waals surface area contributed by atoms with Crippen LogP contribution in [-0.2, 0) is 45.9 Å². The molecular weight excluding hydrogens is 526 g/mol. The first-order chi connectivity index (χ1) is 14.8. The summed E-state index contributed by atoms with van der Waals surface area (Å²) in [7, 11) is -11.1. The van der Waals surface area contributed by atoms with Gasteiger partial charge in [-0.3, -0.25) is 0 Å². The van der Waals surface area contributed by atoms with E-state index in [4.69, 9.17) is 13.3 Å². The Morgan fingerprint density at radius 1 is 0.879 bits per heavy atom. The second-order valence-corrected chi connectivity index (χ2v) is 13.0. The van der Waals surface area contributed by atoms with E-state index in [1.54, 1.807) is 21.3 Å². The molecule has 1 heterocycles. The molecule has 1 aromatic rings. The van der Waals surface area contributed by atoms with Gasteiger partial charge in [-0.05, 0) is 17.9 Å². The molecule has 0 bridgehead atoms. The zero-order valence-corrected chi connectivity index (χ0v) is 20.8. The van der Waals surface area contributed by atoms with Crippen LogP contribution in [-0.4, -0.2) is 58.0 Å². The van der Waals surface area contributed by atoms with Crippen molar-refractivity contribution in [1.29, 1.82) is 0 Å². The van der Waals surface area contributed by atoms with Crippen LogP contribution in [0.5, 0.6) is 0 Å². The minimum Gasteiger partial charge on any atom is -0.421 e. The lowest BCUT2D eigenvalue weighted by Gasteiger charge is -2.22. The van der Waals surface area contributed by atoms with Crippen molar-refractivity contribution in [3.63, 3.8) is 0 Å². The molecule has 0 radical (unpaired) electrons. The van der Waals surface area contributed by atoms with Crippen molar-refractivity contribution in [1.82, 2.24) is 0 Å². The lowest BCUT2D eigenvalue weighted by molar-refractivity contribution is -0.685. The van der Waals surface area contributed by atoms with Crippen LogP contribution in [0.25, 0.3) is 4.13 Å². The number of pyridine rings is 1. The molecule has 0 unspecified atom stereocenters. The number of rotatable bonds is 9. The summed E-state index contributed by atoms with van der Waals surface area (Å²) in [5.41, 5.74) is -11.1. The Kier molecular flexibility index (Phi) is 11.4. The molecule has 1 rings (SSSR count). The SMILES string of the molecule is CO[Si](C[n+]1ccc(CC(C)C)cc1)(OC)OC.O=S(=O)([N-]S(=O)(=O)C(F)(F)F)C(F)(F)F. The first kappa shape index (κ1) is 31.7. The van der Waals surface area contributed by atoms with Gasteiger partial charge in [-0.2, -0.15) is 26.3 Å². The monoisotopic (exact) mass is 550 g/mol. The smallest absolute Gasteiger partial charge is 0.421 e. The zero-order valence-electron chi connectivity index (χ0n) is 18.1. The summed E-state index contributed by atoms with van der Waals surface area (Å²) in [6.07, 6.45) is 5.83. The standard InChI is InChI=1S/C13H24NO3Si.C2F6NO4S2/c1-12(2)10-13-6-8-14(9-7-13)11-18(15-3,16-4)17-5;3-1(4,5)14(10,11)9-15(12,13)2(6,7)8/h6-9,12H,10-11H2,1-5H3;/q+1;-1. The molecule has 1 aromatic heterocycles. The second-order valence-electron chi connectivity index (χ2n) is 6.69. The average Bonchev–Trinajstić information content (AvgIpc) is 2.65. The van der Waals surface area contributed by atoms with Crippen molar-refractivity contribution >= 4 is 28.9 Å². The lowest BCUT2D eigenvalue weighted by Crippen LogP contribution is -2.56. The fourth-order valence-corrected chi connectivity index (χ4v) is 5.34. The Labute approximate surface area is 189 Å². The van der Waals surface area contributed by atoms with Crippen LogP contribution < -0.4 is 4.57 Å². The van der Waals surface area contributed by atoms with E-state index in [1.807, 2.05) is 4.57 Å². The van der Waals surface area contributed by atoms with Crippen molar-refractivity contribution in [3.8, 4) is 0 Å². The maximum Gasteiger partial charge on any atom is 0.569 e. The number of alkyl halides is 6. The van der Waals surface area contributed by atoms with Crippen LogP contribution in [0.3, 0.4) is 0 Å². The number of halogens is 6. The molecular formula is C15H24F6N2O7S2Si. The van der Waals surface area contributed by atoms with E-state index in [9.17, 15) is 43.2 Å². The Morgan fingerprint density at radius 3 is 1.52 bits per heavy atom. The van der Waals surface area contributed by atoms with E-state index >= 15 is 0 Å². The van der Waals surface area contributed by atoms with Crippen LogP contribution >= 0.6 is 0 Å². The molecule has 33 heavy (non-hydrogen) atoms. The summed E-state index contributed by atoms with van der Waals surface area (Å²) in [6, 6.07) is 4.28. The van der Waals surface area contributed by atoms with Crippen LogP contribution in [0.1, 0.15) is 19.4 Å². The van der Waals surface area contributed by atoms with Crippen molar-refractivity contribution in [2.24, 2.45) is 5.92 Å². The second kappa shape index (κ2) is 11.9. The maximum absolute atomic E-state index is 11.4. The summed E-state index contributed by atoms with van der Waals surface area (Å²) in [5, 5.41) is 0. The molecule has 0 saturated carbocycles. The molecule has 0 N–H and O–H groups in total. The number of sulfonamides is 2. The van der Waals surface area contributed by atoms with Gasteiger partial charge in [0.15, 0.2) is 32.4 Å². The predicted molar refractivity (Wildman–Crippen MR) is 105 cm³/mol. The van der Waals surface area contributed by atoms with E-state index in [0.29, 0.717) is 12.1 Å². The lowest BCUT2D eigenvalue weighted by atomic mass is 10.0. The van der Waals surface area contributed by atoms with Gasteiger partial charge in [-0.25, -0.2) is 21.4 Å². The fraction of sp³-hybridized carbons (Fsp3) is 0.667. The van der Waals surface area contributed by atoms with Gasteiger partial charge in [0.05, 0.1) is 0 Å². The Morgan fingerprint density at radius 2 is 1.24 bits per heavy atom. The highest BCUT2D eigenvalue weighted by Crippen LogP contribution is 2.36. The van der Waals surface area contributed by atoms with Crippen molar-refractivity contribution in [2.45, 2.75) is 37.5 Å². The number of nitrogens with zero attached hydrogens (tertiary/aromatic N) is 2. The predicted octanol–water partition coefficient (Wildman–Crippen LogP) is 2.65. The van der Waals surface area contributed by atoms with Gasteiger partial charge in [0, 0.05) is 33.5 Å². The topological polar surface area (TPSA) is 114 Å². The molecule has 0 spiro atoms. The molecule has 0 aliphatic rings. The molecule has 0 aromatic carbocycles. The van der Waals surface area contributed by atoms with Crippen LogP contribution in [0.15, 0.2) is 24.5 Å². The molecule has 9 nitrogen and oxygen atoms in total. The largest absolute Gasteiger partial charge is 0.569 e. The van der Waals surface area contributed by atoms with Crippen LogP contribution in [0.4, 0.5) is 26.3 Å². The molecule has 0 aliphatic heterocycles. The highest BCUT2D eigenvalue weighted by Gasteiger charge is 2.47. The Bertz CT molecular complexity index is 898. The highest BCUT2D eigenvalue weighted by molar-refractivity contribution is 8.13. The third-order valence-corrected chi connectivity index (χ3v) is 9.05. The van der Waals surface area contributed by atoms with E-state index in [0.717, 1.165) is 10.5 Å². The normalized spacial score (nSPS) is 13.6. The quantitative estimate of drug-likeness (QED) is 0.264. The third-order valence-electron chi connectivity index (χ3n) is 3.69. The first-order valence-corrected chi connectivity index (χ1v) is 13.6. The first-order valence-electron chi connectivity index (χ1n) is 8.76. The molecule has 18 heteroatoms. The van der Waals surface area contributed by atoms with Gasteiger partial charge in [0.1, 0.15) is 0 Å². The summed E-state index contributed by atoms with van der Waals surface area (Å²) in [5.74, 6) is 0.672. The van der Waals surface area contributed by atoms with Gasteiger partial charge in [-0.1, -0.05) is 13.8 Å². The third kappa shape index (κ3) is 9.83. The Balaban J connectivity index is 0.000000633. The zero-order chi connectivity index (χ0) is 26.3. The van der Waals surface area contributed by atoms with E-state index < -0.39 is 39.9 Å². The minimum absolute atomic E-state index is 0.623. The van der Waals surface area contributed by atoms with Gasteiger partial charge in [0.25, 0.3) is 0 Å². The summed E-state index contributed by atoms with van der Waals surface area (Å²) in [4.78, 5) is 0. The van der Waals surface area contributed by atoms with Crippen molar-refractivity contribution in [2.75, 3.05) is 21.3 Å². The summed E-state index contributed by atoms with van der Waals surface area (Å²) >= 11 is 0. The molecule has 0 amide bonds. The van der Waals surface area contributed by atoms with Gasteiger partial charge in [0.2, 0.25) is 6.17 Å². The van der Waals surface area contributed by atoms with Crippen molar-refractivity contribution < 1.29 is 61.0 Å². The number of hydrogen-bond acceptors (Lipinski definition) is 7. The van der Waals surface area contributed by atoms with Gasteiger partial charge in [-0.15, -0.1) is 0 Å². The van der Waals surface area contributed by atoms with E-state index in [-0.39, 0.29) is 0 Å². The molecule has 0 fully saturated rings. The maximum atomic E-state index is 11.4. The average molecular weight is 551 g/mol. The van der Waals surface area contributed by atoms with Crippen LogP contribution in [0, 0.1) is 5.92 Å². The molecule has 0 atom stereocenters. The number of aromatic nitrogens is 1.